The highest BCUT2D eigenvalue weighted by atomic mass is 16.5. The van der Waals surface area contributed by atoms with Crippen molar-refractivity contribution in [2.24, 2.45) is 0 Å². The molecular formula is C14H19NO2. The fraction of sp³-hybridized carbons (Fsp3) is 0.500. The minimum atomic E-state index is 0.0179. The lowest BCUT2D eigenvalue weighted by Gasteiger charge is -2.15. The number of hydrogen-bond donors (Lipinski definition) is 1. The quantitative estimate of drug-likeness (QED) is 0.870. The molecule has 1 atom stereocenters. The molecule has 0 aromatic heterocycles. The van der Waals surface area contributed by atoms with E-state index in [9.17, 15) is 4.79 Å². The van der Waals surface area contributed by atoms with E-state index in [0.29, 0.717) is 6.61 Å². The molecule has 1 aromatic carbocycles. The van der Waals surface area contributed by atoms with Gasteiger partial charge in [-0.3, -0.25) is 4.79 Å². The molecule has 0 spiro atoms. The SMILES string of the molecule is CCOc1cc(C)c(C2CCNC2=O)cc1C. The Kier molecular flexibility index (Phi) is 3.36. The highest BCUT2D eigenvalue weighted by Gasteiger charge is 2.27. The standard InChI is InChI=1S/C14H19NO2/c1-4-17-13-8-9(2)12(7-10(13)3)11-5-6-15-14(11)16/h7-8,11H,4-6H2,1-3H3,(H,15,16). The van der Waals surface area contributed by atoms with Crippen LogP contribution in [-0.4, -0.2) is 19.1 Å². The Labute approximate surface area is 102 Å². The molecule has 1 aromatic rings. The van der Waals surface area contributed by atoms with Gasteiger partial charge in [0, 0.05) is 6.54 Å². The van der Waals surface area contributed by atoms with Gasteiger partial charge in [0.05, 0.1) is 12.5 Å². The summed E-state index contributed by atoms with van der Waals surface area (Å²) in [6.07, 6.45) is 0.896. The number of ether oxygens (including phenoxy) is 1. The Morgan fingerprint density at radius 1 is 1.35 bits per heavy atom. The van der Waals surface area contributed by atoms with Crippen molar-refractivity contribution in [1.82, 2.24) is 5.32 Å². The first-order valence-corrected chi connectivity index (χ1v) is 6.15. The number of benzene rings is 1. The smallest absolute Gasteiger partial charge is 0.227 e. The number of carbonyl (C=O) groups is 1. The van der Waals surface area contributed by atoms with E-state index in [1.807, 2.05) is 26.8 Å². The van der Waals surface area contributed by atoms with Crippen molar-refractivity contribution >= 4 is 5.91 Å². The largest absolute Gasteiger partial charge is 0.494 e. The minimum Gasteiger partial charge on any atom is -0.494 e. The van der Waals surface area contributed by atoms with Crippen molar-refractivity contribution in [2.45, 2.75) is 33.1 Å². The number of nitrogens with one attached hydrogen (secondary N) is 1. The Bertz CT molecular complexity index is 440. The molecule has 1 heterocycles. The van der Waals surface area contributed by atoms with Crippen LogP contribution >= 0.6 is 0 Å². The first kappa shape index (κ1) is 12.0. The molecule has 0 bridgehead atoms. The van der Waals surface area contributed by atoms with Crippen LogP contribution in [0.25, 0.3) is 0 Å². The van der Waals surface area contributed by atoms with E-state index in [0.717, 1.165) is 35.4 Å². The Morgan fingerprint density at radius 3 is 2.71 bits per heavy atom. The minimum absolute atomic E-state index is 0.0179. The van der Waals surface area contributed by atoms with Crippen LogP contribution in [0.15, 0.2) is 12.1 Å². The fourth-order valence-corrected chi connectivity index (χ4v) is 2.39. The van der Waals surface area contributed by atoms with Crippen LogP contribution in [0.1, 0.15) is 36.0 Å². The van der Waals surface area contributed by atoms with Gasteiger partial charge >= 0.3 is 0 Å². The van der Waals surface area contributed by atoms with Crippen LogP contribution in [-0.2, 0) is 4.79 Å². The van der Waals surface area contributed by atoms with Gasteiger partial charge in [-0.05, 0) is 49.9 Å². The molecule has 1 N–H and O–H groups in total. The second kappa shape index (κ2) is 4.78. The molecule has 3 nitrogen and oxygen atoms in total. The summed E-state index contributed by atoms with van der Waals surface area (Å²) in [4.78, 5) is 11.7. The monoisotopic (exact) mass is 233 g/mol. The second-order valence-electron chi connectivity index (χ2n) is 4.54. The highest BCUT2D eigenvalue weighted by Crippen LogP contribution is 2.31. The molecule has 1 saturated heterocycles. The van der Waals surface area contributed by atoms with E-state index in [4.69, 9.17) is 4.74 Å². The maximum absolute atomic E-state index is 11.7. The normalized spacial score (nSPS) is 19.2. The Hall–Kier alpha value is -1.51. The van der Waals surface area contributed by atoms with E-state index in [2.05, 4.69) is 11.4 Å². The molecule has 1 fully saturated rings. The number of hydrogen-bond acceptors (Lipinski definition) is 2. The summed E-state index contributed by atoms with van der Waals surface area (Å²) in [6, 6.07) is 4.13. The molecule has 0 aliphatic carbocycles. The number of aryl methyl sites for hydroxylation is 2. The van der Waals surface area contributed by atoms with Gasteiger partial charge in [-0.2, -0.15) is 0 Å². The topological polar surface area (TPSA) is 38.3 Å². The van der Waals surface area contributed by atoms with Crippen molar-refractivity contribution in [3.8, 4) is 5.75 Å². The molecule has 1 aliphatic rings. The van der Waals surface area contributed by atoms with Crippen LogP contribution in [0.5, 0.6) is 5.75 Å². The molecule has 1 aliphatic heterocycles. The van der Waals surface area contributed by atoms with Gasteiger partial charge in [0.1, 0.15) is 5.75 Å². The zero-order valence-electron chi connectivity index (χ0n) is 10.7. The van der Waals surface area contributed by atoms with Crippen molar-refractivity contribution in [2.75, 3.05) is 13.2 Å². The van der Waals surface area contributed by atoms with Crippen LogP contribution in [0.3, 0.4) is 0 Å². The van der Waals surface area contributed by atoms with Crippen LogP contribution in [0, 0.1) is 13.8 Å². The van der Waals surface area contributed by atoms with Gasteiger partial charge in [0.25, 0.3) is 0 Å². The third kappa shape index (κ3) is 2.28. The molecule has 2 rings (SSSR count). The summed E-state index contributed by atoms with van der Waals surface area (Å²) < 4.78 is 5.56. The third-order valence-electron chi connectivity index (χ3n) is 3.29. The van der Waals surface area contributed by atoms with E-state index in [-0.39, 0.29) is 11.8 Å². The molecular weight excluding hydrogens is 214 g/mol. The van der Waals surface area contributed by atoms with Crippen LogP contribution in [0.2, 0.25) is 0 Å². The van der Waals surface area contributed by atoms with Crippen molar-refractivity contribution in [3.63, 3.8) is 0 Å². The average Bonchev–Trinajstić information content (AvgIpc) is 2.70. The second-order valence-corrected chi connectivity index (χ2v) is 4.54. The Balaban J connectivity index is 2.35. The summed E-state index contributed by atoms with van der Waals surface area (Å²) >= 11 is 0. The molecule has 3 heteroatoms. The lowest BCUT2D eigenvalue weighted by molar-refractivity contribution is -0.120. The molecule has 0 radical (unpaired) electrons. The van der Waals surface area contributed by atoms with Crippen LogP contribution in [0.4, 0.5) is 0 Å². The summed E-state index contributed by atoms with van der Waals surface area (Å²) in [5.41, 5.74) is 3.38. The molecule has 1 amide bonds. The van der Waals surface area contributed by atoms with Crippen LogP contribution < -0.4 is 10.1 Å². The zero-order valence-corrected chi connectivity index (χ0v) is 10.7. The number of rotatable bonds is 3. The first-order chi connectivity index (χ1) is 8.13. The van der Waals surface area contributed by atoms with Crippen molar-refractivity contribution in [1.29, 1.82) is 0 Å². The highest BCUT2D eigenvalue weighted by molar-refractivity contribution is 5.86. The van der Waals surface area contributed by atoms with Gasteiger partial charge in [-0.1, -0.05) is 6.07 Å². The van der Waals surface area contributed by atoms with Gasteiger partial charge in [-0.15, -0.1) is 0 Å². The fourth-order valence-electron chi connectivity index (χ4n) is 2.39. The van der Waals surface area contributed by atoms with Crippen molar-refractivity contribution in [3.05, 3.63) is 28.8 Å². The molecule has 0 saturated carbocycles. The number of amides is 1. The zero-order chi connectivity index (χ0) is 12.4. The molecule has 1 unspecified atom stereocenters. The van der Waals surface area contributed by atoms with Gasteiger partial charge in [-0.25, -0.2) is 0 Å². The summed E-state index contributed by atoms with van der Waals surface area (Å²) in [5, 5.41) is 2.88. The van der Waals surface area contributed by atoms with Gasteiger partial charge < -0.3 is 10.1 Å². The van der Waals surface area contributed by atoms with E-state index in [1.54, 1.807) is 0 Å². The summed E-state index contributed by atoms with van der Waals surface area (Å²) in [5.74, 6) is 1.09. The van der Waals surface area contributed by atoms with Gasteiger partial charge in [0.15, 0.2) is 0 Å². The van der Waals surface area contributed by atoms with Gasteiger partial charge in [0.2, 0.25) is 5.91 Å². The van der Waals surface area contributed by atoms with E-state index >= 15 is 0 Å². The predicted octanol–water partition coefficient (Wildman–Crippen LogP) is 2.31. The van der Waals surface area contributed by atoms with E-state index < -0.39 is 0 Å². The van der Waals surface area contributed by atoms with E-state index in [1.165, 1.54) is 0 Å². The van der Waals surface area contributed by atoms with Crippen molar-refractivity contribution < 1.29 is 9.53 Å². The maximum atomic E-state index is 11.7. The first-order valence-electron chi connectivity index (χ1n) is 6.15. The summed E-state index contributed by atoms with van der Waals surface area (Å²) in [6.45, 7) is 7.51. The third-order valence-corrected chi connectivity index (χ3v) is 3.29. The maximum Gasteiger partial charge on any atom is 0.227 e. The molecule has 92 valence electrons. The predicted molar refractivity (Wildman–Crippen MR) is 67.5 cm³/mol. The summed E-state index contributed by atoms with van der Waals surface area (Å²) in [7, 11) is 0. The Morgan fingerprint density at radius 2 is 2.12 bits per heavy atom. The number of carbonyl (C=O) groups excluding carboxylic acids is 1. The lowest BCUT2D eigenvalue weighted by Crippen LogP contribution is -2.18. The average molecular weight is 233 g/mol. The lowest BCUT2D eigenvalue weighted by atomic mass is 9.92. The molecule has 17 heavy (non-hydrogen) atoms.